The molecule has 0 aromatic rings. The molecular formula is C10H24N2O. The van der Waals surface area contributed by atoms with Crippen molar-refractivity contribution in [3.8, 4) is 0 Å². The summed E-state index contributed by atoms with van der Waals surface area (Å²) in [6, 6.07) is 0.377. The first-order chi connectivity index (χ1) is 6.11. The highest BCUT2D eigenvalue weighted by atomic mass is 16.5. The van der Waals surface area contributed by atoms with Gasteiger partial charge in [-0.2, -0.15) is 0 Å². The molecule has 0 aliphatic rings. The second-order valence-corrected chi connectivity index (χ2v) is 4.08. The molecule has 2 atom stereocenters. The van der Waals surface area contributed by atoms with Crippen LogP contribution in [0, 0.1) is 11.8 Å². The van der Waals surface area contributed by atoms with Crippen LogP contribution in [0.3, 0.4) is 0 Å². The zero-order chi connectivity index (χ0) is 10.3. The molecule has 80 valence electrons. The monoisotopic (exact) mass is 188 g/mol. The first kappa shape index (κ1) is 12.9. The summed E-state index contributed by atoms with van der Waals surface area (Å²) in [6.45, 7) is 9.03. The summed E-state index contributed by atoms with van der Waals surface area (Å²) in [5.74, 6) is 1.15. The molecule has 0 rings (SSSR count). The molecule has 0 saturated heterocycles. The number of nitrogens with two attached hydrogens (primary N) is 1. The van der Waals surface area contributed by atoms with Gasteiger partial charge in [0.1, 0.15) is 0 Å². The summed E-state index contributed by atoms with van der Waals surface area (Å²) in [4.78, 5) is 0. The van der Waals surface area contributed by atoms with Crippen molar-refractivity contribution in [2.24, 2.45) is 17.6 Å². The van der Waals surface area contributed by atoms with Gasteiger partial charge in [-0.05, 0) is 18.4 Å². The van der Waals surface area contributed by atoms with E-state index in [4.69, 9.17) is 10.5 Å². The minimum Gasteiger partial charge on any atom is -0.384 e. The van der Waals surface area contributed by atoms with Crippen molar-refractivity contribution in [2.75, 3.05) is 26.8 Å². The van der Waals surface area contributed by atoms with E-state index in [9.17, 15) is 0 Å². The summed E-state index contributed by atoms with van der Waals surface area (Å²) in [7, 11) is 1.73. The Morgan fingerprint density at radius 2 is 1.92 bits per heavy atom. The molecule has 0 aliphatic heterocycles. The van der Waals surface area contributed by atoms with Gasteiger partial charge in [-0.3, -0.25) is 0 Å². The number of methoxy groups -OCH3 is 1. The highest BCUT2D eigenvalue weighted by molar-refractivity contribution is 4.74. The standard InChI is InChI=1S/C10H24N2O/c1-8(2)6-12-10(5-11)9(3)7-13-4/h8-10,12H,5-7,11H2,1-4H3. The number of ether oxygens (including phenoxy) is 1. The summed E-state index contributed by atoms with van der Waals surface area (Å²) >= 11 is 0. The highest BCUT2D eigenvalue weighted by Crippen LogP contribution is 2.02. The Morgan fingerprint density at radius 3 is 2.31 bits per heavy atom. The van der Waals surface area contributed by atoms with E-state index >= 15 is 0 Å². The Morgan fingerprint density at radius 1 is 1.31 bits per heavy atom. The molecule has 0 aliphatic carbocycles. The van der Waals surface area contributed by atoms with Gasteiger partial charge in [-0.15, -0.1) is 0 Å². The van der Waals surface area contributed by atoms with Gasteiger partial charge in [0.25, 0.3) is 0 Å². The molecule has 3 N–H and O–H groups in total. The minimum absolute atomic E-state index is 0.377. The fourth-order valence-corrected chi connectivity index (χ4v) is 1.28. The van der Waals surface area contributed by atoms with Crippen LogP contribution < -0.4 is 11.1 Å². The molecule has 0 radical (unpaired) electrons. The van der Waals surface area contributed by atoms with Crippen molar-refractivity contribution < 1.29 is 4.74 Å². The third-order valence-corrected chi connectivity index (χ3v) is 2.16. The lowest BCUT2D eigenvalue weighted by Gasteiger charge is -2.24. The maximum atomic E-state index is 5.67. The van der Waals surface area contributed by atoms with Crippen molar-refractivity contribution in [2.45, 2.75) is 26.8 Å². The number of hydrogen-bond acceptors (Lipinski definition) is 3. The van der Waals surface area contributed by atoms with Crippen LogP contribution in [0.1, 0.15) is 20.8 Å². The summed E-state index contributed by atoms with van der Waals surface area (Å²) in [5, 5.41) is 3.45. The van der Waals surface area contributed by atoms with E-state index in [1.807, 2.05) is 0 Å². The van der Waals surface area contributed by atoms with Gasteiger partial charge in [0, 0.05) is 19.7 Å². The van der Waals surface area contributed by atoms with Crippen LogP contribution in [0.4, 0.5) is 0 Å². The van der Waals surface area contributed by atoms with Gasteiger partial charge in [0.2, 0.25) is 0 Å². The van der Waals surface area contributed by atoms with E-state index in [-0.39, 0.29) is 0 Å². The molecule has 0 amide bonds. The van der Waals surface area contributed by atoms with E-state index < -0.39 is 0 Å². The maximum Gasteiger partial charge on any atom is 0.0503 e. The zero-order valence-corrected chi connectivity index (χ0v) is 9.34. The van der Waals surface area contributed by atoms with Crippen LogP contribution in [0.2, 0.25) is 0 Å². The van der Waals surface area contributed by atoms with Gasteiger partial charge in [-0.25, -0.2) is 0 Å². The molecule has 2 unspecified atom stereocenters. The van der Waals surface area contributed by atoms with Crippen molar-refractivity contribution in [1.82, 2.24) is 5.32 Å². The van der Waals surface area contributed by atoms with Gasteiger partial charge in [0.05, 0.1) is 6.61 Å². The molecule has 0 saturated carbocycles. The Hall–Kier alpha value is -0.120. The van der Waals surface area contributed by atoms with Crippen molar-refractivity contribution in [3.05, 3.63) is 0 Å². The highest BCUT2D eigenvalue weighted by Gasteiger charge is 2.14. The quantitative estimate of drug-likeness (QED) is 0.622. The van der Waals surface area contributed by atoms with Crippen LogP contribution >= 0.6 is 0 Å². The largest absolute Gasteiger partial charge is 0.384 e. The third-order valence-electron chi connectivity index (χ3n) is 2.16. The van der Waals surface area contributed by atoms with E-state index in [2.05, 4.69) is 26.1 Å². The molecule has 3 heteroatoms. The lowest BCUT2D eigenvalue weighted by Crippen LogP contribution is -2.44. The van der Waals surface area contributed by atoms with Gasteiger partial charge < -0.3 is 15.8 Å². The minimum atomic E-state index is 0.377. The summed E-state index contributed by atoms with van der Waals surface area (Å²) in [6.07, 6.45) is 0. The molecular weight excluding hydrogens is 164 g/mol. The van der Waals surface area contributed by atoms with Crippen LogP contribution in [-0.4, -0.2) is 32.8 Å². The number of hydrogen-bond donors (Lipinski definition) is 2. The molecule has 0 bridgehead atoms. The SMILES string of the molecule is COCC(C)C(CN)NCC(C)C. The normalized spacial score (nSPS) is 16.2. The van der Waals surface area contributed by atoms with Crippen molar-refractivity contribution in [1.29, 1.82) is 0 Å². The first-order valence-corrected chi connectivity index (χ1v) is 5.04. The molecule has 0 aromatic heterocycles. The topological polar surface area (TPSA) is 47.3 Å². The first-order valence-electron chi connectivity index (χ1n) is 5.04. The molecule has 0 spiro atoms. The zero-order valence-electron chi connectivity index (χ0n) is 9.34. The second-order valence-electron chi connectivity index (χ2n) is 4.08. The lowest BCUT2D eigenvalue weighted by molar-refractivity contribution is 0.139. The van der Waals surface area contributed by atoms with Gasteiger partial charge in [-0.1, -0.05) is 20.8 Å². The Labute approximate surface area is 82.0 Å². The van der Waals surface area contributed by atoms with Gasteiger partial charge >= 0.3 is 0 Å². The average Bonchev–Trinajstić information content (AvgIpc) is 2.05. The van der Waals surface area contributed by atoms with Crippen molar-refractivity contribution >= 4 is 0 Å². The Bertz CT molecular complexity index is 117. The van der Waals surface area contributed by atoms with E-state index in [1.165, 1.54) is 0 Å². The molecule has 13 heavy (non-hydrogen) atoms. The van der Waals surface area contributed by atoms with E-state index in [1.54, 1.807) is 7.11 Å². The van der Waals surface area contributed by atoms with Crippen LogP contribution in [0.5, 0.6) is 0 Å². The number of nitrogens with one attached hydrogen (secondary N) is 1. The van der Waals surface area contributed by atoms with Crippen molar-refractivity contribution in [3.63, 3.8) is 0 Å². The van der Waals surface area contributed by atoms with Crippen LogP contribution in [0.15, 0.2) is 0 Å². The molecule has 0 fully saturated rings. The van der Waals surface area contributed by atoms with Crippen LogP contribution in [0.25, 0.3) is 0 Å². The fourth-order valence-electron chi connectivity index (χ4n) is 1.28. The maximum absolute atomic E-state index is 5.67. The van der Waals surface area contributed by atoms with Gasteiger partial charge in [0.15, 0.2) is 0 Å². The van der Waals surface area contributed by atoms with E-state index in [0.717, 1.165) is 13.2 Å². The molecule has 0 aromatic carbocycles. The predicted molar refractivity (Wildman–Crippen MR) is 56.7 cm³/mol. The third kappa shape index (κ3) is 6.02. The lowest BCUT2D eigenvalue weighted by atomic mass is 10.0. The fraction of sp³-hybridized carbons (Fsp3) is 1.00. The smallest absolute Gasteiger partial charge is 0.0503 e. The second kappa shape index (κ2) is 7.30. The average molecular weight is 188 g/mol. The van der Waals surface area contributed by atoms with Crippen LogP contribution in [-0.2, 0) is 4.74 Å². The predicted octanol–water partition coefficient (Wildman–Crippen LogP) is 0.842. The van der Waals surface area contributed by atoms with E-state index in [0.29, 0.717) is 24.4 Å². The number of rotatable bonds is 7. The summed E-state index contributed by atoms with van der Waals surface area (Å²) < 4.78 is 5.10. The Kier molecular flexibility index (Phi) is 7.23. The Balaban J connectivity index is 3.73. The molecule has 3 nitrogen and oxygen atoms in total. The summed E-state index contributed by atoms with van der Waals surface area (Å²) in [5.41, 5.74) is 5.67. The molecule has 0 heterocycles.